The van der Waals surface area contributed by atoms with Gasteiger partial charge in [-0.1, -0.05) is 55.1 Å². The minimum absolute atomic E-state index is 0.179. The Morgan fingerprint density at radius 1 is 0.636 bits per heavy atom. The molecular formula is C25H25B15N2O2. The minimum atomic E-state index is -0.756. The fraction of sp³-hybridized carbons (Fsp3) is 0.240. The molecule has 3 aromatic rings. The highest BCUT2D eigenvalue weighted by Crippen LogP contribution is 2.41. The molecule has 1 saturated carbocycles. The van der Waals surface area contributed by atoms with Gasteiger partial charge in [0.15, 0.2) is 0 Å². The van der Waals surface area contributed by atoms with Gasteiger partial charge in [-0.3, -0.25) is 0 Å². The van der Waals surface area contributed by atoms with Crippen LogP contribution in [-0.2, 0) is 0 Å². The molecule has 0 aliphatic heterocycles. The molecule has 0 bridgehead atoms. The summed E-state index contributed by atoms with van der Waals surface area (Å²) in [5.41, 5.74) is 16.0. The first-order chi connectivity index (χ1) is 20.8. The standard InChI is InChI=1S/C25H25B15N2O2/c26-35(27)39(36(28)29)34(40(37(30)31)38(32)33)21-9-5-18(6-10-21)16-1-3-17(4-2-16)19-7-11-24(12-8-19)44-25(43)20-13-22(41)15-23(42)14-20/h1-4,7-8,11-15,18,21H,5-6,9-10,41-42H2. The van der Waals surface area contributed by atoms with Gasteiger partial charge in [0.05, 0.1) is 5.56 Å². The molecule has 0 unspecified atom stereocenters. The van der Waals surface area contributed by atoms with Gasteiger partial charge in [-0.05, 0) is 65.8 Å². The molecule has 1 fully saturated rings. The summed E-state index contributed by atoms with van der Waals surface area (Å²) in [4.78, 5) is 12.5. The maximum Gasteiger partial charge on any atom is 0.343 e. The van der Waals surface area contributed by atoms with E-state index in [1.54, 1.807) is 18.2 Å². The molecule has 4 rings (SSSR count). The Kier molecular flexibility index (Phi) is 12.0. The van der Waals surface area contributed by atoms with Gasteiger partial charge in [0.1, 0.15) is 5.75 Å². The molecule has 0 amide bonds. The van der Waals surface area contributed by atoms with Crippen molar-refractivity contribution in [1.29, 1.82) is 0 Å². The Morgan fingerprint density at radius 3 is 1.50 bits per heavy atom. The Balaban J connectivity index is 1.41. The third-order valence-corrected chi connectivity index (χ3v) is 8.98. The number of nitrogens with two attached hydrogens (primary N) is 2. The molecule has 0 spiro atoms. The van der Waals surface area contributed by atoms with E-state index < -0.39 is 44.3 Å². The second-order valence-corrected chi connectivity index (χ2v) is 12.1. The van der Waals surface area contributed by atoms with Gasteiger partial charge >= 0.3 is 5.97 Å². The zero-order valence-electron chi connectivity index (χ0n) is 25.0. The zero-order chi connectivity index (χ0) is 32.1. The predicted molar refractivity (Wildman–Crippen MR) is 203 cm³/mol. The average Bonchev–Trinajstić information content (AvgIpc) is 2.96. The Morgan fingerprint density at radius 2 is 1.07 bits per heavy atom. The number of anilines is 2. The van der Waals surface area contributed by atoms with Crippen LogP contribution in [-0.4, -0.2) is 113 Å². The molecule has 192 valence electrons. The number of rotatable bonds is 11. The topological polar surface area (TPSA) is 78.3 Å². The van der Waals surface area contributed by atoms with Crippen LogP contribution < -0.4 is 16.2 Å². The minimum Gasteiger partial charge on any atom is -0.423 e. The van der Waals surface area contributed by atoms with Crippen LogP contribution in [0.2, 0.25) is 5.82 Å². The summed E-state index contributed by atoms with van der Waals surface area (Å²) in [5.74, 6) is 0.463. The zero-order valence-corrected chi connectivity index (χ0v) is 25.0. The molecule has 4 nitrogen and oxygen atoms in total. The van der Waals surface area contributed by atoms with Crippen molar-refractivity contribution in [3.8, 4) is 16.9 Å². The third kappa shape index (κ3) is 8.49. The lowest BCUT2D eigenvalue weighted by Crippen LogP contribution is -2.75. The van der Waals surface area contributed by atoms with Crippen molar-refractivity contribution in [3.63, 3.8) is 0 Å². The molecule has 16 radical (unpaired) electrons. The maximum atomic E-state index is 12.5. The molecule has 0 heterocycles. The Hall–Kier alpha value is -2.30. The van der Waals surface area contributed by atoms with Crippen LogP contribution in [0.5, 0.6) is 5.75 Å². The molecule has 1 aliphatic rings. The van der Waals surface area contributed by atoms with E-state index in [1.165, 1.54) is 17.7 Å². The normalized spacial score (nSPS) is 15.9. The van der Waals surface area contributed by atoms with Crippen LogP contribution in [0.25, 0.3) is 11.1 Å². The van der Waals surface area contributed by atoms with Gasteiger partial charge in [0, 0.05) is 118 Å². The summed E-state index contributed by atoms with van der Waals surface area (Å²) in [6.45, 7) is -0.204. The lowest BCUT2D eigenvalue weighted by atomic mass is 8.47. The molecule has 3 aromatic carbocycles. The summed E-state index contributed by atoms with van der Waals surface area (Å²) in [5, 5.41) is 0. The highest BCUT2D eigenvalue weighted by atomic mass is 16.5. The molecule has 0 saturated heterocycles. The van der Waals surface area contributed by atoms with E-state index >= 15 is 0 Å². The van der Waals surface area contributed by atoms with Crippen LogP contribution in [0.3, 0.4) is 0 Å². The molecule has 4 N–H and O–H groups in total. The lowest BCUT2D eigenvalue weighted by molar-refractivity contribution is 0.0735. The van der Waals surface area contributed by atoms with Crippen LogP contribution in [0, 0.1) is 0 Å². The van der Waals surface area contributed by atoms with Crippen LogP contribution in [0.4, 0.5) is 11.4 Å². The largest absolute Gasteiger partial charge is 0.423 e. The highest BCUT2D eigenvalue weighted by molar-refractivity contribution is 8.08. The summed E-state index contributed by atoms with van der Waals surface area (Å²) < 4.78 is 5.50. The number of ether oxygens (including phenoxy) is 1. The molecule has 19 heteroatoms. The van der Waals surface area contributed by atoms with Gasteiger partial charge in [-0.15, -0.1) is 0 Å². The van der Waals surface area contributed by atoms with Gasteiger partial charge in [-0.2, -0.15) is 0 Å². The van der Waals surface area contributed by atoms with Crippen LogP contribution >= 0.6 is 0 Å². The molecule has 0 atom stereocenters. The van der Waals surface area contributed by atoms with Crippen molar-refractivity contribution in [1.82, 2.24) is 0 Å². The number of carbonyl (C=O) groups is 1. The van der Waals surface area contributed by atoms with Crippen molar-refractivity contribution in [2.24, 2.45) is 0 Å². The fourth-order valence-corrected chi connectivity index (χ4v) is 6.89. The highest BCUT2D eigenvalue weighted by Gasteiger charge is 2.45. The van der Waals surface area contributed by atoms with Crippen molar-refractivity contribution in [2.45, 2.75) is 37.4 Å². The molecule has 1 aliphatic carbocycles. The summed E-state index contributed by atoms with van der Waals surface area (Å²) in [6.07, 6.45) is -0.190. The summed E-state index contributed by atoms with van der Waals surface area (Å²) in [7, 11) is 49.2. The van der Waals surface area contributed by atoms with Crippen molar-refractivity contribution in [2.75, 3.05) is 11.5 Å². The van der Waals surface area contributed by atoms with Crippen molar-refractivity contribution < 1.29 is 9.53 Å². The first-order valence-corrected chi connectivity index (χ1v) is 15.0. The maximum absolute atomic E-state index is 12.5. The number of benzene rings is 3. The number of hydrogen-bond acceptors (Lipinski definition) is 4. The molecule has 0 aromatic heterocycles. The van der Waals surface area contributed by atoms with Crippen LogP contribution in [0.15, 0.2) is 66.7 Å². The quantitative estimate of drug-likeness (QED) is 0.154. The molecular weight excluding hydrogens is 522 g/mol. The molecule has 44 heavy (non-hydrogen) atoms. The third-order valence-electron chi connectivity index (χ3n) is 8.98. The summed E-state index contributed by atoms with van der Waals surface area (Å²) in [6, 6.07) is 20.5. The second kappa shape index (κ2) is 15.3. The fourth-order valence-electron chi connectivity index (χ4n) is 6.89. The van der Waals surface area contributed by atoms with Crippen molar-refractivity contribution >= 4 is 124 Å². The first-order valence-electron chi connectivity index (χ1n) is 15.0. The Bertz CT molecular complexity index is 1330. The van der Waals surface area contributed by atoms with E-state index in [0.717, 1.165) is 36.8 Å². The van der Waals surface area contributed by atoms with E-state index in [2.05, 4.69) is 24.3 Å². The Labute approximate surface area is 276 Å². The van der Waals surface area contributed by atoms with Gasteiger partial charge in [-0.25, -0.2) is 4.79 Å². The monoisotopic (exact) mass is 550 g/mol. The van der Waals surface area contributed by atoms with Gasteiger partial charge in [0.25, 0.3) is 0 Å². The summed E-state index contributed by atoms with van der Waals surface area (Å²) >= 11 is 0. The number of carbonyl (C=O) groups excluding carboxylic acids is 1. The van der Waals surface area contributed by atoms with E-state index in [0.29, 0.717) is 28.6 Å². The number of nitrogen functional groups attached to an aromatic ring is 2. The van der Waals surface area contributed by atoms with Crippen LogP contribution in [0.1, 0.15) is 47.5 Å². The number of esters is 1. The average molecular weight is 548 g/mol. The number of hydrogen-bond donors (Lipinski definition) is 2. The van der Waals surface area contributed by atoms with E-state index in [9.17, 15) is 4.79 Å². The smallest absolute Gasteiger partial charge is 0.343 e. The van der Waals surface area contributed by atoms with E-state index in [-0.39, 0.29) is 12.3 Å². The SMILES string of the molecule is [B]B([B])B(B([B])[B])B(B(B([B])[B])B([B])[B])C1CCC(c2ccc(-c3ccc(OC(=O)c4cc(N)cc(N)c4)cc3)cc2)CC1. The first kappa shape index (κ1) is 34.6. The van der Waals surface area contributed by atoms with E-state index in [1.807, 2.05) is 12.1 Å². The van der Waals surface area contributed by atoms with E-state index in [4.69, 9.17) is 78.1 Å². The predicted octanol–water partition coefficient (Wildman–Crippen LogP) is 0.0206. The lowest BCUT2D eigenvalue weighted by Gasteiger charge is -2.45. The van der Waals surface area contributed by atoms with Crippen molar-refractivity contribution in [3.05, 3.63) is 77.9 Å². The van der Waals surface area contributed by atoms with Gasteiger partial charge < -0.3 is 16.2 Å². The second-order valence-electron chi connectivity index (χ2n) is 12.1. The van der Waals surface area contributed by atoms with Gasteiger partial charge in [0.2, 0.25) is 0 Å².